The number of fused-ring (bicyclic) bond motifs is 1. The van der Waals surface area contributed by atoms with Crippen molar-refractivity contribution < 1.29 is 9.90 Å². The Morgan fingerprint density at radius 3 is 2.93 bits per heavy atom. The van der Waals surface area contributed by atoms with Crippen LogP contribution < -0.4 is 0 Å². The zero-order chi connectivity index (χ0) is 11.0. The summed E-state index contributed by atoms with van der Waals surface area (Å²) in [5.74, 6) is -0.814. The molecule has 0 radical (unpaired) electrons. The van der Waals surface area contributed by atoms with Gasteiger partial charge < -0.3 is 5.11 Å². The molecule has 2 aromatic rings. The molecule has 0 fully saturated rings. The zero-order valence-electron chi connectivity index (χ0n) is 8.69. The van der Waals surface area contributed by atoms with Crippen LogP contribution in [0.2, 0.25) is 0 Å². The van der Waals surface area contributed by atoms with E-state index in [0.29, 0.717) is 0 Å². The molecule has 0 spiro atoms. The number of nitrogens with zero attached hydrogens (tertiary/aromatic N) is 2. The molecule has 0 saturated carbocycles. The third-order valence-electron chi connectivity index (χ3n) is 2.44. The second-order valence-corrected chi connectivity index (χ2v) is 3.70. The molecule has 0 saturated heterocycles. The maximum atomic E-state index is 10.7. The molecule has 1 heterocycles. The Morgan fingerprint density at radius 2 is 2.27 bits per heavy atom. The fraction of sp³-hybridized carbons (Fsp3) is 0.273. The number of hydrogen-bond acceptors (Lipinski definition) is 2. The van der Waals surface area contributed by atoms with Crippen molar-refractivity contribution in [1.82, 2.24) is 9.78 Å². The predicted octanol–water partition coefficient (Wildman–Crippen LogP) is 1.51. The lowest BCUT2D eigenvalue weighted by molar-refractivity contribution is -0.136. The number of rotatable bonds is 2. The molecule has 0 aliphatic carbocycles. The van der Waals surface area contributed by atoms with Gasteiger partial charge in [-0.2, -0.15) is 5.10 Å². The molecule has 4 nitrogen and oxygen atoms in total. The fourth-order valence-electron chi connectivity index (χ4n) is 1.78. The average Bonchev–Trinajstić information content (AvgIpc) is 2.47. The molecule has 1 aromatic heterocycles. The van der Waals surface area contributed by atoms with Crippen molar-refractivity contribution in [1.29, 1.82) is 0 Å². The highest BCUT2D eigenvalue weighted by atomic mass is 16.4. The van der Waals surface area contributed by atoms with Gasteiger partial charge in [-0.3, -0.25) is 9.48 Å². The van der Waals surface area contributed by atoms with Crippen molar-refractivity contribution in [2.75, 3.05) is 0 Å². The van der Waals surface area contributed by atoms with E-state index in [1.165, 1.54) is 0 Å². The van der Waals surface area contributed by atoms with Gasteiger partial charge in [0.2, 0.25) is 0 Å². The highest BCUT2D eigenvalue weighted by Gasteiger charge is 2.09. The smallest absolute Gasteiger partial charge is 0.307 e. The van der Waals surface area contributed by atoms with E-state index in [1.54, 1.807) is 10.9 Å². The van der Waals surface area contributed by atoms with Gasteiger partial charge >= 0.3 is 5.97 Å². The van der Waals surface area contributed by atoms with Gasteiger partial charge in [0.25, 0.3) is 0 Å². The number of hydrogen-bond donors (Lipinski definition) is 1. The van der Waals surface area contributed by atoms with E-state index < -0.39 is 5.97 Å². The highest BCUT2D eigenvalue weighted by Crippen LogP contribution is 2.20. The standard InChI is InChI=1S/C11H12N2O2/c1-7-3-8(5-11(14)15)9-6-12-13(2)10(9)4-7/h3-4,6H,5H2,1-2H3,(H,14,15). The highest BCUT2D eigenvalue weighted by molar-refractivity contribution is 5.86. The molecule has 0 aliphatic heterocycles. The Hall–Kier alpha value is -1.84. The lowest BCUT2D eigenvalue weighted by Crippen LogP contribution is -2.01. The summed E-state index contributed by atoms with van der Waals surface area (Å²) in [6.07, 6.45) is 1.76. The molecular weight excluding hydrogens is 192 g/mol. The number of aliphatic carboxylic acids is 1. The summed E-state index contributed by atoms with van der Waals surface area (Å²) in [6, 6.07) is 3.91. The number of carbonyl (C=O) groups is 1. The van der Waals surface area contributed by atoms with Gasteiger partial charge in [0.1, 0.15) is 0 Å². The van der Waals surface area contributed by atoms with Crippen LogP contribution in [0.25, 0.3) is 10.9 Å². The Balaban J connectivity index is 2.66. The van der Waals surface area contributed by atoms with Crippen LogP contribution in [-0.4, -0.2) is 20.9 Å². The predicted molar refractivity (Wildman–Crippen MR) is 56.8 cm³/mol. The Labute approximate surface area is 87.1 Å². The summed E-state index contributed by atoms with van der Waals surface area (Å²) in [5, 5.41) is 13.8. The average molecular weight is 204 g/mol. The van der Waals surface area contributed by atoms with Crippen LogP contribution in [0.4, 0.5) is 0 Å². The molecular formula is C11H12N2O2. The number of aromatic nitrogens is 2. The summed E-state index contributed by atoms with van der Waals surface area (Å²) in [4.78, 5) is 10.7. The number of carboxylic acids is 1. The quantitative estimate of drug-likeness (QED) is 0.806. The molecule has 1 aromatic carbocycles. The summed E-state index contributed by atoms with van der Waals surface area (Å²) in [5.41, 5.74) is 2.86. The van der Waals surface area contributed by atoms with Crippen molar-refractivity contribution >= 4 is 16.9 Å². The van der Waals surface area contributed by atoms with Crippen LogP contribution in [0.1, 0.15) is 11.1 Å². The topological polar surface area (TPSA) is 55.1 Å². The molecule has 1 N–H and O–H groups in total. The van der Waals surface area contributed by atoms with Gasteiger partial charge in [-0.25, -0.2) is 0 Å². The van der Waals surface area contributed by atoms with Gasteiger partial charge in [0.15, 0.2) is 0 Å². The van der Waals surface area contributed by atoms with Crippen LogP contribution in [0.15, 0.2) is 18.3 Å². The molecule has 0 unspecified atom stereocenters. The molecule has 0 bridgehead atoms. The molecule has 2 rings (SSSR count). The molecule has 78 valence electrons. The van der Waals surface area contributed by atoms with Gasteiger partial charge in [-0.1, -0.05) is 6.07 Å². The lowest BCUT2D eigenvalue weighted by Gasteiger charge is -2.02. The minimum Gasteiger partial charge on any atom is -0.481 e. The first-order valence-electron chi connectivity index (χ1n) is 4.71. The van der Waals surface area contributed by atoms with Crippen molar-refractivity contribution in [2.45, 2.75) is 13.3 Å². The first kappa shape index (κ1) is 9.71. The lowest BCUT2D eigenvalue weighted by atomic mass is 10.0. The van der Waals surface area contributed by atoms with Gasteiger partial charge in [-0.15, -0.1) is 0 Å². The van der Waals surface area contributed by atoms with Crippen LogP contribution in [0, 0.1) is 6.92 Å². The van der Waals surface area contributed by atoms with E-state index in [9.17, 15) is 4.79 Å². The minimum absolute atomic E-state index is 0.0455. The first-order chi connectivity index (χ1) is 7.08. The zero-order valence-corrected chi connectivity index (χ0v) is 8.69. The van der Waals surface area contributed by atoms with Crippen molar-refractivity contribution in [3.05, 3.63) is 29.5 Å². The monoisotopic (exact) mass is 204 g/mol. The second-order valence-electron chi connectivity index (χ2n) is 3.70. The first-order valence-corrected chi connectivity index (χ1v) is 4.71. The van der Waals surface area contributed by atoms with Crippen LogP contribution in [0.5, 0.6) is 0 Å². The van der Waals surface area contributed by atoms with E-state index in [4.69, 9.17) is 5.11 Å². The largest absolute Gasteiger partial charge is 0.481 e. The van der Waals surface area contributed by atoms with Crippen LogP contribution in [-0.2, 0) is 18.3 Å². The Morgan fingerprint density at radius 1 is 1.53 bits per heavy atom. The van der Waals surface area contributed by atoms with Crippen molar-refractivity contribution in [2.24, 2.45) is 7.05 Å². The molecule has 15 heavy (non-hydrogen) atoms. The molecule has 0 aliphatic rings. The van der Waals surface area contributed by atoms with Crippen molar-refractivity contribution in [3.8, 4) is 0 Å². The molecule has 0 amide bonds. The molecule has 0 atom stereocenters. The van der Waals surface area contributed by atoms with Gasteiger partial charge in [-0.05, 0) is 24.1 Å². The molecule has 4 heteroatoms. The van der Waals surface area contributed by atoms with Crippen molar-refractivity contribution in [3.63, 3.8) is 0 Å². The summed E-state index contributed by atoms with van der Waals surface area (Å²) >= 11 is 0. The fourth-order valence-corrected chi connectivity index (χ4v) is 1.78. The van der Waals surface area contributed by atoms with Gasteiger partial charge in [0.05, 0.1) is 18.1 Å². The summed E-state index contributed by atoms with van der Waals surface area (Å²) < 4.78 is 1.76. The van der Waals surface area contributed by atoms with Crippen LogP contribution in [0.3, 0.4) is 0 Å². The number of aryl methyl sites for hydroxylation is 2. The second kappa shape index (κ2) is 3.38. The van der Waals surface area contributed by atoms with E-state index in [2.05, 4.69) is 5.10 Å². The minimum atomic E-state index is -0.814. The third kappa shape index (κ3) is 1.70. The Bertz CT molecular complexity index is 529. The maximum absolute atomic E-state index is 10.7. The van der Waals surface area contributed by atoms with Crippen LogP contribution >= 0.6 is 0 Å². The number of carboxylic acid groups (broad SMARTS) is 1. The normalized spacial score (nSPS) is 10.8. The van der Waals surface area contributed by atoms with E-state index in [0.717, 1.165) is 22.0 Å². The maximum Gasteiger partial charge on any atom is 0.307 e. The third-order valence-corrected chi connectivity index (χ3v) is 2.44. The van der Waals surface area contributed by atoms with E-state index in [1.807, 2.05) is 26.1 Å². The Kier molecular flexibility index (Phi) is 2.19. The SMILES string of the molecule is Cc1cc(CC(=O)O)c2cnn(C)c2c1. The summed E-state index contributed by atoms with van der Waals surface area (Å²) in [6.45, 7) is 1.96. The van der Waals surface area contributed by atoms with E-state index >= 15 is 0 Å². The summed E-state index contributed by atoms with van der Waals surface area (Å²) in [7, 11) is 1.85. The number of benzene rings is 1. The van der Waals surface area contributed by atoms with E-state index in [-0.39, 0.29) is 6.42 Å². The van der Waals surface area contributed by atoms with Gasteiger partial charge in [0, 0.05) is 12.4 Å².